The molecule has 0 saturated carbocycles. The summed E-state index contributed by atoms with van der Waals surface area (Å²) in [7, 11) is 1.76. The van der Waals surface area contributed by atoms with Gasteiger partial charge in [0.2, 0.25) is 0 Å². The Morgan fingerprint density at radius 3 is 1.25 bits per heavy atom. The molecular formula is C9H25N3. The van der Waals surface area contributed by atoms with E-state index in [9.17, 15) is 0 Å². The summed E-state index contributed by atoms with van der Waals surface area (Å²) in [5.41, 5.74) is 7.06. The lowest BCUT2D eigenvalue weighted by Gasteiger charge is -2.12. The molecule has 0 aliphatic carbocycles. The molecule has 0 unspecified atom stereocenters. The van der Waals surface area contributed by atoms with Crippen LogP contribution in [-0.4, -0.2) is 12.1 Å². The monoisotopic (exact) mass is 175 g/mol. The number of nitrogens with zero attached hydrogens (tertiary/aromatic N) is 1. The largest absolute Gasteiger partial charge is 0.401 e. The molecule has 0 fully saturated rings. The maximum Gasteiger partial charge on any atom is 0.0441 e. The smallest absolute Gasteiger partial charge is 0.0441 e. The minimum Gasteiger partial charge on any atom is -0.401 e. The molecule has 4 N–H and O–H groups in total. The van der Waals surface area contributed by atoms with Crippen LogP contribution in [0.1, 0.15) is 41.5 Å². The van der Waals surface area contributed by atoms with Crippen LogP contribution in [-0.2, 0) is 0 Å². The van der Waals surface area contributed by atoms with Crippen molar-refractivity contribution in [3.63, 3.8) is 0 Å². The van der Waals surface area contributed by atoms with Gasteiger partial charge in [-0.1, -0.05) is 27.7 Å². The van der Waals surface area contributed by atoms with Gasteiger partial charge in [-0.3, -0.25) is 0 Å². The first-order chi connectivity index (χ1) is 5.55. The number of nitrogens with two attached hydrogens (primary N) is 2. The van der Waals surface area contributed by atoms with Gasteiger partial charge in [-0.25, -0.2) is 5.84 Å². The molecule has 0 spiro atoms. The zero-order valence-corrected chi connectivity index (χ0v) is 9.60. The Bertz CT molecular complexity index is 102. The third-order valence-corrected chi connectivity index (χ3v) is 1.10. The van der Waals surface area contributed by atoms with Gasteiger partial charge in [0.05, 0.1) is 0 Å². The van der Waals surface area contributed by atoms with Crippen LogP contribution < -0.4 is 11.6 Å². The van der Waals surface area contributed by atoms with Gasteiger partial charge in [0.15, 0.2) is 0 Å². The molecule has 0 aromatic heterocycles. The molecule has 0 aromatic carbocycles. The lowest BCUT2D eigenvalue weighted by Crippen LogP contribution is -2.25. The summed E-state index contributed by atoms with van der Waals surface area (Å²) in [6.07, 6.45) is 0. The zero-order valence-electron chi connectivity index (χ0n) is 9.60. The highest BCUT2D eigenvalue weighted by Crippen LogP contribution is 1.95. The first-order valence-corrected chi connectivity index (χ1v) is 4.47. The van der Waals surface area contributed by atoms with Crippen LogP contribution in [0.25, 0.3) is 0 Å². The minimum atomic E-state index is 0.759. The first kappa shape index (κ1) is 17.4. The van der Waals surface area contributed by atoms with Crippen LogP contribution >= 0.6 is 0 Å². The molecule has 0 atom stereocenters. The highest BCUT2D eigenvalue weighted by molar-refractivity contribution is 5.02. The standard InChI is InChI=1S/C5H13N3.2C2H6/c1-4(6)5(2)8(3)7;2*1-2/h6-7H2,1-3H3;2*1-2H3/b5-4-;;. The molecule has 0 saturated heterocycles. The van der Waals surface area contributed by atoms with Crippen molar-refractivity contribution in [3.8, 4) is 0 Å². The average Bonchev–Trinajstić information content (AvgIpc) is 2.10. The average molecular weight is 175 g/mol. The molecule has 0 heterocycles. The van der Waals surface area contributed by atoms with E-state index in [-0.39, 0.29) is 0 Å². The normalized spacial score (nSPS) is 9.67. The summed E-state index contributed by atoms with van der Waals surface area (Å²) in [6.45, 7) is 11.7. The van der Waals surface area contributed by atoms with E-state index in [0.717, 1.165) is 11.4 Å². The molecule has 12 heavy (non-hydrogen) atoms. The molecule has 0 radical (unpaired) electrons. The lowest BCUT2D eigenvalue weighted by molar-refractivity contribution is 0.436. The predicted octanol–water partition coefficient (Wildman–Crippen LogP) is 2.05. The maximum absolute atomic E-state index is 5.39. The quantitative estimate of drug-likeness (QED) is 0.474. The summed E-state index contributed by atoms with van der Waals surface area (Å²) >= 11 is 0. The highest BCUT2D eigenvalue weighted by atomic mass is 15.4. The number of hydrogen-bond acceptors (Lipinski definition) is 3. The SMILES string of the molecule is C/C(N)=C(\C)N(C)N.CC.CC. The highest BCUT2D eigenvalue weighted by Gasteiger charge is 1.91. The van der Waals surface area contributed by atoms with Crippen LogP contribution in [0.2, 0.25) is 0 Å². The van der Waals surface area contributed by atoms with Gasteiger partial charge in [-0.2, -0.15) is 0 Å². The molecule has 76 valence electrons. The van der Waals surface area contributed by atoms with E-state index in [1.807, 2.05) is 41.5 Å². The summed E-state index contributed by atoms with van der Waals surface area (Å²) in [4.78, 5) is 0. The van der Waals surface area contributed by atoms with Crippen molar-refractivity contribution in [1.29, 1.82) is 0 Å². The van der Waals surface area contributed by atoms with Crippen LogP contribution in [0.5, 0.6) is 0 Å². The van der Waals surface area contributed by atoms with Crippen molar-refractivity contribution in [3.05, 3.63) is 11.4 Å². The van der Waals surface area contributed by atoms with Gasteiger partial charge >= 0.3 is 0 Å². The van der Waals surface area contributed by atoms with Crippen molar-refractivity contribution >= 4 is 0 Å². The van der Waals surface area contributed by atoms with Crippen molar-refractivity contribution in [1.82, 2.24) is 5.01 Å². The second kappa shape index (κ2) is 12.9. The number of allylic oxidation sites excluding steroid dienone is 2. The van der Waals surface area contributed by atoms with Gasteiger partial charge in [0.1, 0.15) is 0 Å². The van der Waals surface area contributed by atoms with Crippen molar-refractivity contribution in [2.45, 2.75) is 41.5 Å². The van der Waals surface area contributed by atoms with E-state index >= 15 is 0 Å². The van der Waals surface area contributed by atoms with E-state index in [1.54, 1.807) is 7.05 Å². The topological polar surface area (TPSA) is 55.3 Å². The van der Waals surface area contributed by atoms with Crippen LogP contribution in [0.15, 0.2) is 11.4 Å². The molecular weight excluding hydrogens is 150 g/mol. The summed E-state index contributed by atoms with van der Waals surface area (Å²) < 4.78 is 0. The molecule has 0 aliphatic rings. The Balaban J connectivity index is -0.000000175. The second-order valence-corrected chi connectivity index (χ2v) is 1.88. The Morgan fingerprint density at radius 1 is 1.00 bits per heavy atom. The van der Waals surface area contributed by atoms with Crippen LogP contribution in [0, 0.1) is 0 Å². The summed E-state index contributed by atoms with van der Waals surface area (Å²) in [5.74, 6) is 5.33. The Kier molecular flexibility index (Phi) is 18.8. The van der Waals surface area contributed by atoms with Crippen LogP contribution in [0.3, 0.4) is 0 Å². The van der Waals surface area contributed by atoms with E-state index in [1.165, 1.54) is 5.01 Å². The molecule has 3 nitrogen and oxygen atoms in total. The van der Waals surface area contributed by atoms with Gasteiger partial charge in [0, 0.05) is 18.4 Å². The van der Waals surface area contributed by atoms with Gasteiger partial charge in [0.25, 0.3) is 0 Å². The summed E-state index contributed by atoms with van der Waals surface area (Å²) in [6, 6.07) is 0. The fourth-order valence-electron chi connectivity index (χ4n) is 0.278. The third-order valence-electron chi connectivity index (χ3n) is 1.10. The lowest BCUT2D eigenvalue weighted by atomic mass is 10.4. The predicted molar refractivity (Wildman–Crippen MR) is 57.2 cm³/mol. The molecule has 0 bridgehead atoms. The fraction of sp³-hybridized carbons (Fsp3) is 0.778. The van der Waals surface area contributed by atoms with Gasteiger partial charge in [-0.05, 0) is 13.8 Å². The van der Waals surface area contributed by atoms with E-state index < -0.39 is 0 Å². The molecule has 0 aliphatic heterocycles. The third kappa shape index (κ3) is 12.0. The second-order valence-electron chi connectivity index (χ2n) is 1.88. The zero-order chi connectivity index (χ0) is 10.7. The summed E-state index contributed by atoms with van der Waals surface area (Å²) in [5, 5.41) is 1.50. The van der Waals surface area contributed by atoms with Crippen LogP contribution in [0.4, 0.5) is 0 Å². The van der Waals surface area contributed by atoms with E-state index in [0.29, 0.717) is 0 Å². The molecule has 0 amide bonds. The van der Waals surface area contributed by atoms with Gasteiger partial charge < -0.3 is 10.7 Å². The van der Waals surface area contributed by atoms with Gasteiger partial charge in [-0.15, -0.1) is 0 Å². The Labute approximate surface area is 77.4 Å². The van der Waals surface area contributed by atoms with Crippen molar-refractivity contribution < 1.29 is 0 Å². The van der Waals surface area contributed by atoms with E-state index in [2.05, 4.69) is 0 Å². The molecule has 0 rings (SSSR count). The van der Waals surface area contributed by atoms with Crippen molar-refractivity contribution in [2.24, 2.45) is 11.6 Å². The maximum atomic E-state index is 5.39. The number of rotatable bonds is 1. The first-order valence-electron chi connectivity index (χ1n) is 4.47. The van der Waals surface area contributed by atoms with E-state index in [4.69, 9.17) is 11.6 Å². The Hall–Kier alpha value is -0.700. The molecule has 3 heteroatoms. The minimum absolute atomic E-state index is 0.759. The fourth-order valence-corrected chi connectivity index (χ4v) is 0.278. The van der Waals surface area contributed by atoms with Crippen molar-refractivity contribution in [2.75, 3.05) is 7.05 Å². The molecule has 0 aromatic rings. The number of hydrogen-bond donors (Lipinski definition) is 2. The Morgan fingerprint density at radius 2 is 1.25 bits per heavy atom. The number of hydrazine groups is 1.